The van der Waals surface area contributed by atoms with Gasteiger partial charge in [0, 0.05) is 24.7 Å². The van der Waals surface area contributed by atoms with Crippen LogP contribution in [0.1, 0.15) is 48.7 Å². The summed E-state index contributed by atoms with van der Waals surface area (Å²) in [7, 11) is 1.89. The van der Waals surface area contributed by atoms with E-state index in [9.17, 15) is 4.79 Å². The lowest BCUT2D eigenvalue weighted by Crippen LogP contribution is -2.43. The molecule has 0 aliphatic heterocycles. The van der Waals surface area contributed by atoms with Crippen molar-refractivity contribution in [1.29, 1.82) is 0 Å². The maximum absolute atomic E-state index is 12.3. The minimum absolute atomic E-state index is 0.00870. The predicted octanol–water partition coefficient (Wildman–Crippen LogP) is 2.58. The molecule has 19 heavy (non-hydrogen) atoms. The van der Waals surface area contributed by atoms with Gasteiger partial charge in [-0.3, -0.25) is 4.79 Å². The van der Waals surface area contributed by atoms with E-state index in [1.807, 2.05) is 24.9 Å². The molecular weight excluding hydrogens is 240 g/mol. The molecule has 1 saturated carbocycles. The first kappa shape index (κ1) is 14.1. The number of hydrogen-bond donors (Lipinski definition) is 1. The smallest absolute Gasteiger partial charge is 0.289 e. The van der Waals surface area contributed by atoms with Crippen molar-refractivity contribution in [1.82, 2.24) is 10.2 Å². The third kappa shape index (κ3) is 3.18. The first-order chi connectivity index (χ1) is 9.13. The van der Waals surface area contributed by atoms with Crippen LogP contribution in [0.3, 0.4) is 0 Å². The maximum Gasteiger partial charge on any atom is 0.289 e. The molecule has 0 atom stereocenters. The molecule has 0 unspecified atom stereocenters. The Balaban J connectivity index is 1.92. The summed E-state index contributed by atoms with van der Waals surface area (Å²) in [5.41, 5.74) is 0.915. The third-order valence-corrected chi connectivity index (χ3v) is 4.11. The van der Waals surface area contributed by atoms with Gasteiger partial charge in [-0.05, 0) is 45.2 Å². The van der Waals surface area contributed by atoms with Crippen molar-refractivity contribution in [3.63, 3.8) is 0 Å². The number of furan rings is 1. The topological polar surface area (TPSA) is 45.5 Å². The second-order valence-electron chi connectivity index (χ2n) is 5.41. The van der Waals surface area contributed by atoms with Crippen LogP contribution in [0.4, 0.5) is 0 Å². The van der Waals surface area contributed by atoms with Gasteiger partial charge >= 0.3 is 0 Å². The molecular formula is C15H24N2O2. The van der Waals surface area contributed by atoms with Gasteiger partial charge in [0.25, 0.3) is 5.91 Å². The molecule has 1 N–H and O–H groups in total. The number of carbonyl (C=O) groups excluding carboxylic acids is 1. The second-order valence-corrected chi connectivity index (χ2v) is 5.41. The fraction of sp³-hybridized carbons (Fsp3) is 0.667. The van der Waals surface area contributed by atoms with Crippen LogP contribution in [-0.2, 0) is 0 Å². The largest absolute Gasteiger partial charge is 0.459 e. The molecule has 106 valence electrons. The van der Waals surface area contributed by atoms with Crippen LogP contribution in [0.25, 0.3) is 0 Å². The van der Waals surface area contributed by atoms with Gasteiger partial charge in [-0.1, -0.05) is 6.92 Å². The molecule has 1 fully saturated rings. The van der Waals surface area contributed by atoms with E-state index in [0.29, 0.717) is 17.8 Å². The summed E-state index contributed by atoms with van der Waals surface area (Å²) in [6.07, 6.45) is 6.01. The van der Waals surface area contributed by atoms with E-state index in [1.54, 1.807) is 6.26 Å². The van der Waals surface area contributed by atoms with Gasteiger partial charge in [0.2, 0.25) is 0 Å². The summed E-state index contributed by atoms with van der Waals surface area (Å²) in [4.78, 5) is 14.2. The van der Waals surface area contributed by atoms with Gasteiger partial charge in [-0.2, -0.15) is 0 Å². The van der Waals surface area contributed by atoms with Crippen molar-refractivity contribution in [2.24, 2.45) is 0 Å². The normalized spacial score (nSPS) is 23.3. The van der Waals surface area contributed by atoms with Crippen LogP contribution in [-0.4, -0.2) is 36.5 Å². The highest BCUT2D eigenvalue weighted by atomic mass is 16.3. The Morgan fingerprint density at radius 3 is 2.63 bits per heavy atom. The van der Waals surface area contributed by atoms with Crippen LogP contribution in [0.5, 0.6) is 0 Å². The zero-order valence-corrected chi connectivity index (χ0v) is 12.1. The predicted molar refractivity (Wildman–Crippen MR) is 75.3 cm³/mol. The third-order valence-electron chi connectivity index (χ3n) is 4.11. The lowest BCUT2D eigenvalue weighted by atomic mass is 9.90. The number of aryl methyl sites for hydroxylation is 1. The lowest BCUT2D eigenvalue weighted by Gasteiger charge is -2.34. The highest BCUT2D eigenvalue weighted by Gasteiger charge is 2.28. The molecule has 2 rings (SSSR count). The van der Waals surface area contributed by atoms with Crippen molar-refractivity contribution in [3.05, 3.63) is 23.7 Å². The Labute approximate surface area is 115 Å². The second kappa shape index (κ2) is 6.24. The van der Waals surface area contributed by atoms with Crippen LogP contribution in [0.2, 0.25) is 0 Å². The monoisotopic (exact) mass is 264 g/mol. The molecule has 4 heteroatoms. The van der Waals surface area contributed by atoms with E-state index >= 15 is 0 Å². The summed E-state index contributed by atoms with van der Waals surface area (Å²) in [5, 5.41) is 3.49. The highest BCUT2D eigenvalue weighted by Crippen LogP contribution is 2.24. The summed E-state index contributed by atoms with van der Waals surface area (Å²) in [6, 6.07) is 2.80. The molecule has 1 aromatic rings. The maximum atomic E-state index is 12.3. The average molecular weight is 264 g/mol. The molecule has 4 nitrogen and oxygen atoms in total. The molecule has 1 heterocycles. The molecule has 0 radical (unpaired) electrons. The molecule has 1 aliphatic carbocycles. The summed E-state index contributed by atoms with van der Waals surface area (Å²) >= 11 is 0. The molecule has 0 saturated heterocycles. The lowest BCUT2D eigenvalue weighted by molar-refractivity contribution is 0.0651. The van der Waals surface area contributed by atoms with Gasteiger partial charge in [-0.25, -0.2) is 0 Å². The van der Waals surface area contributed by atoms with Gasteiger partial charge in [0.05, 0.1) is 6.26 Å². The van der Waals surface area contributed by atoms with E-state index in [0.717, 1.165) is 37.8 Å². The minimum atomic E-state index is 0.00870. The zero-order valence-electron chi connectivity index (χ0n) is 12.1. The molecule has 1 aromatic heterocycles. The van der Waals surface area contributed by atoms with Gasteiger partial charge in [0.15, 0.2) is 5.76 Å². The number of carbonyl (C=O) groups is 1. The van der Waals surface area contributed by atoms with Crippen LogP contribution >= 0.6 is 0 Å². The summed E-state index contributed by atoms with van der Waals surface area (Å²) in [6.45, 7) is 5.07. The van der Waals surface area contributed by atoms with Crippen molar-refractivity contribution >= 4 is 5.91 Å². The fourth-order valence-corrected chi connectivity index (χ4v) is 2.87. The van der Waals surface area contributed by atoms with E-state index < -0.39 is 0 Å². The van der Waals surface area contributed by atoms with Crippen molar-refractivity contribution in [2.75, 3.05) is 13.6 Å². The number of rotatable bonds is 4. The Morgan fingerprint density at radius 1 is 1.42 bits per heavy atom. The quantitative estimate of drug-likeness (QED) is 0.909. The Kier molecular flexibility index (Phi) is 4.64. The average Bonchev–Trinajstić information content (AvgIpc) is 2.84. The number of nitrogens with zero attached hydrogens (tertiary/aromatic N) is 1. The molecule has 1 amide bonds. The first-order valence-corrected chi connectivity index (χ1v) is 7.18. The molecule has 0 bridgehead atoms. The Morgan fingerprint density at radius 2 is 2.11 bits per heavy atom. The highest BCUT2D eigenvalue weighted by molar-refractivity contribution is 5.92. The van der Waals surface area contributed by atoms with Crippen molar-refractivity contribution in [3.8, 4) is 0 Å². The fourth-order valence-electron chi connectivity index (χ4n) is 2.87. The first-order valence-electron chi connectivity index (χ1n) is 7.18. The molecule has 0 spiro atoms. The van der Waals surface area contributed by atoms with E-state index in [2.05, 4.69) is 12.2 Å². The van der Waals surface area contributed by atoms with E-state index in [1.165, 1.54) is 0 Å². The van der Waals surface area contributed by atoms with Crippen LogP contribution in [0, 0.1) is 6.92 Å². The van der Waals surface area contributed by atoms with Crippen LogP contribution < -0.4 is 5.32 Å². The minimum Gasteiger partial charge on any atom is -0.459 e. The van der Waals surface area contributed by atoms with Crippen molar-refractivity contribution < 1.29 is 9.21 Å². The zero-order chi connectivity index (χ0) is 13.8. The van der Waals surface area contributed by atoms with E-state index in [-0.39, 0.29) is 5.91 Å². The van der Waals surface area contributed by atoms with Gasteiger partial charge in [0.1, 0.15) is 0 Å². The SMILES string of the molecule is CCNC1CCC(N(C)C(=O)c2occc2C)CC1. The number of hydrogen-bond acceptors (Lipinski definition) is 3. The van der Waals surface area contributed by atoms with Crippen LogP contribution in [0.15, 0.2) is 16.7 Å². The molecule has 1 aliphatic rings. The van der Waals surface area contributed by atoms with E-state index in [4.69, 9.17) is 4.42 Å². The van der Waals surface area contributed by atoms with Gasteiger partial charge in [-0.15, -0.1) is 0 Å². The Hall–Kier alpha value is -1.29. The number of nitrogens with one attached hydrogen (secondary N) is 1. The molecule has 0 aromatic carbocycles. The van der Waals surface area contributed by atoms with Gasteiger partial charge < -0.3 is 14.6 Å². The number of amides is 1. The standard InChI is InChI=1S/C15H24N2O2/c1-4-16-12-5-7-13(8-6-12)17(3)15(18)14-11(2)9-10-19-14/h9-10,12-13,16H,4-8H2,1-3H3. The summed E-state index contributed by atoms with van der Waals surface area (Å²) < 4.78 is 5.29. The Bertz CT molecular complexity index is 420. The van der Waals surface area contributed by atoms with Crippen molar-refractivity contribution in [2.45, 2.75) is 51.6 Å². The summed E-state index contributed by atoms with van der Waals surface area (Å²) in [5.74, 6) is 0.491.